The number of nitrogens with one attached hydrogen (secondary N) is 1. The standard InChI is InChI=1S/C22H38N4O3S/c1-8-23-21(24-16-22(2,3)30-7)26-11-9-25(10-12-26)15-17-13-18(27-4)20(29-6)19(14-17)28-5/h13-14H,8-12,15-16H2,1-7H3,(H,23,24). The van der Waals surface area contributed by atoms with E-state index in [9.17, 15) is 0 Å². The average Bonchev–Trinajstić information content (AvgIpc) is 2.76. The van der Waals surface area contributed by atoms with Crippen molar-refractivity contribution in [1.29, 1.82) is 0 Å². The molecule has 0 atom stereocenters. The maximum Gasteiger partial charge on any atom is 0.203 e. The number of hydrogen-bond acceptors (Lipinski definition) is 6. The Morgan fingerprint density at radius 2 is 1.67 bits per heavy atom. The van der Waals surface area contributed by atoms with E-state index in [1.165, 1.54) is 0 Å². The van der Waals surface area contributed by atoms with Crippen LogP contribution in [0.15, 0.2) is 17.1 Å². The molecule has 0 amide bonds. The minimum atomic E-state index is 0.148. The van der Waals surface area contributed by atoms with Crippen LogP contribution in [0.5, 0.6) is 17.2 Å². The van der Waals surface area contributed by atoms with Gasteiger partial charge in [0.15, 0.2) is 17.5 Å². The van der Waals surface area contributed by atoms with E-state index >= 15 is 0 Å². The topological polar surface area (TPSA) is 58.6 Å². The van der Waals surface area contributed by atoms with E-state index in [0.717, 1.165) is 57.3 Å². The molecule has 0 spiro atoms. The number of methoxy groups -OCH3 is 3. The number of hydrogen-bond donors (Lipinski definition) is 1. The van der Waals surface area contributed by atoms with Crippen molar-refractivity contribution in [2.75, 3.05) is 66.9 Å². The zero-order chi connectivity index (χ0) is 22.1. The van der Waals surface area contributed by atoms with Crippen LogP contribution in [-0.4, -0.2) is 87.4 Å². The first-order valence-corrected chi connectivity index (χ1v) is 11.7. The predicted octanol–water partition coefficient (Wildman–Crippen LogP) is 2.94. The van der Waals surface area contributed by atoms with E-state index < -0.39 is 0 Å². The molecule has 1 heterocycles. The number of aliphatic imine (C=N–C) groups is 1. The molecule has 170 valence electrons. The van der Waals surface area contributed by atoms with Crippen LogP contribution in [-0.2, 0) is 6.54 Å². The highest BCUT2D eigenvalue weighted by Gasteiger charge is 2.22. The van der Waals surface area contributed by atoms with Crippen molar-refractivity contribution in [3.05, 3.63) is 17.7 Å². The SMILES string of the molecule is CCNC(=NCC(C)(C)SC)N1CCN(Cc2cc(OC)c(OC)c(OC)c2)CC1. The fourth-order valence-electron chi connectivity index (χ4n) is 3.36. The van der Waals surface area contributed by atoms with Crippen LogP contribution in [0.25, 0.3) is 0 Å². The van der Waals surface area contributed by atoms with Gasteiger partial charge in [-0.1, -0.05) is 0 Å². The molecule has 1 N–H and O–H groups in total. The Labute approximate surface area is 186 Å². The van der Waals surface area contributed by atoms with Gasteiger partial charge >= 0.3 is 0 Å². The third kappa shape index (κ3) is 6.60. The third-order valence-electron chi connectivity index (χ3n) is 5.30. The smallest absolute Gasteiger partial charge is 0.203 e. The van der Waals surface area contributed by atoms with E-state index in [-0.39, 0.29) is 4.75 Å². The second-order valence-corrected chi connectivity index (χ2v) is 9.44. The van der Waals surface area contributed by atoms with Crippen LogP contribution in [0.2, 0.25) is 0 Å². The Morgan fingerprint density at radius 3 is 2.13 bits per heavy atom. The Kier molecular flexibility index (Phi) is 9.42. The van der Waals surface area contributed by atoms with Gasteiger partial charge in [0.05, 0.1) is 27.9 Å². The fraction of sp³-hybridized carbons (Fsp3) is 0.682. The van der Waals surface area contributed by atoms with E-state index in [1.807, 2.05) is 23.9 Å². The summed E-state index contributed by atoms with van der Waals surface area (Å²) in [7, 11) is 4.93. The van der Waals surface area contributed by atoms with Crippen molar-refractivity contribution in [1.82, 2.24) is 15.1 Å². The highest BCUT2D eigenvalue weighted by Crippen LogP contribution is 2.38. The monoisotopic (exact) mass is 438 g/mol. The number of thioether (sulfide) groups is 1. The van der Waals surface area contributed by atoms with Gasteiger partial charge in [-0.15, -0.1) is 0 Å². The van der Waals surface area contributed by atoms with Crippen LogP contribution in [0.3, 0.4) is 0 Å². The molecule has 0 unspecified atom stereocenters. The maximum absolute atomic E-state index is 5.49. The fourth-order valence-corrected chi connectivity index (χ4v) is 3.55. The van der Waals surface area contributed by atoms with Crippen LogP contribution >= 0.6 is 11.8 Å². The van der Waals surface area contributed by atoms with Gasteiger partial charge in [-0.3, -0.25) is 9.89 Å². The highest BCUT2D eigenvalue weighted by molar-refractivity contribution is 7.99. The van der Waals surface area contributed by atoms with Crippen LogP contribution in [0.4, 0.5) is 0 Å². The Morgan fingerprint density at radius 1 is 1.07 bits per heavy atom. The predicted molar refractivity (Wildman–Crippen MR) is 127 cm³/mol. The third-order valence-corrected chi connectivity index (χ3v) is 6.53. The second kappa shape index (κ2) is 11.6. The van der Waals surface area contributed by atoms with E-state index in [1.54, 1.807) is 21.3 Å². The second-order valence-electron chi connectivity index (χ2n) is 7.93. The summed E-state index contributed by atoms with van der Waals surface area (Å²) in [5.74, 6) is 3.05. The Hall–Kier alpha value is -1.80. The summed E-state index contributed by atoms with van der Waals surface area (Å²) >= 11 is 1.85. The molecule has 1 fully saturated rings. The van der Waals surface area contributed by atoms with Crippen LogP contribution < -0.4 is 19.5 Å². The first kappa shape index (κ1) is 24.5. The lowest BCUT2D eigenvalue weighted by atomic mass is 10.1. The average molecular weight is 439 g/mol. The Balaban J connectivity index is 2.02. The normalized spacial score (nSPS) is 15.8. The van der Waals surface area contributed by atoms with Gasteiger partial charge in [0.1, 0.15) is 0 Å². The van der Waals surface area contributed by atoms with Gasteiger partial charge in [0.2, 0.25) is 5.75 Å². The van der Waals surface area contributed by atoms with Crippen molar-refractivity contribution in [3.63, 3.8) is 0 Å². The van der Waals surface area contributed by atoms with Crippen molar-refractivity contribution >= 4 is 17.7 Å². The number of ether oxygens (including phenoxy) is 3. The number of piperazine rings is 1. The summed E-state index contributed by atoms with van der Waals surface area (Å²) in [6, 6.07) is 4.06. The molecule has 8 heteroatoms. The number of nitrogens with zero attached hydrogens (tertiary/aromatic N) is 3. The quantitative estimate of drug-likeness (QED) is 0.470. The van der Waals surface area contributed by atoms with Gasteiger partial charge in [-0.05, 0) is 44.7 Å². The number of rotatable bonds is 9. The largest absolute Gasteiger partial charge is 0.493 e. The van der Waals surface area contributed by atoms with Crippen molar-refractivity contribution in [2.45, 2.75) is 32.1 Å². The summed E-state index contributed by atoms with van der Waals surface area (Å²) in [6.45, 7) is 13.0. The minimum Gasteiger partial charge on any atom is -0.493 e. The molecule has 1 aromatic carbocycles. The summed E-state index contributed by atoms with van der Waals surface area (Å²) in [4.78, 5) is 9.72. The lowest BCUT2D eigenvalue weighted by Gasteiger charge is -2.37. The van der Waals surface area contributed by atoms with Gasteiger partial charge in [-0.25, -0.2) is 0 Å². The summed E-state index contributed by atoms with van der Waals surface area (Å²) < 4.78 is 16.6. The summed E-state index contributed by atoms with van der Waals surface area (Å²) in [5.41, 5.74) is 1.15. The first-order chi connectivity index (χ1) is 14.4. The van der Waals surface area contributed by atoms with E-state index in [0.29, 0.717) is 17.2 Å². The van der Waals surface area contributed by atoms with Crippen molar-refractivity contribution in [3.8, 4) is 17.2 Å². The molecule has 1 aromatic rings. The summed E-state index contributed by atoms with van der Waals surface area (Å²) in [5, 5.41) is 3.46. The zero-order valence-electron chi connectivity index (χ0n) is 19.6. The molecule has 0 aliphatic carbocycles. The van der Waals surface area contributed by atoms with E-state index in [4.69, 9.17) is 19.2 Å². The maximum atomic E-state index is 5.49. The molecule has 7 nitrogen and oxygen atoms in total. The van der Waals surface area contributed by atoms with Gasteiger partial charge in [0, 0.05) is 44.0 Å². The Bertz CT molecular complexity index is 679. The first-order valence-electron chi connectivity index (χ1n) is 10.5. The molecule has 0 radical (unpaired) electrons. The molecule has 1 saturated heterocycles. The van der Waals surface area contributed by atoms with Gasteiger partial charge in [0.25, 0.3) is 0 Å². The molecule has 0 saturated carbocycles. The molecular weight excluding hydrogens is 400 g/mol. The lowest BCUT2D eigenvalue weighted by molar-refractivity contribution is 0.172. The lowest BCUT2D eigenvalue weighted by Crippen LogP contribution is -2.52. The van der Waals surface area contributed by atoms with Crippen molar-refractivity contribution in [2.24, 2.45) is 4.99 Å². The van der Waals surface area contributed by atoms with Crippen molar-refractivity contribution < 1.29 is 14.2 Å². The van der Waals surface area contributed by atoms with E-state index in [2.05, 4.69) is 42.1 Å². The van der Waals surface area contributed by atoms with Crippen LogP contribution in [0.1, 0.15) is 26.3 Å². The van der Waals surface area contributed by atoms with Crippen LogP contribution in [0, 0.1) is 0 Å². The molecular formula is C22H38N4O3S. The molecule has 1 aliphatic heterocycles. The molecule has 30 heavy (non-hydrogen) atoms. The minimum absolute atomic E-state index is 0.148. The molecule has 2 rings (SSSR count). The molecule has 1 aliphatic rings. The molecule has 0 bridgehead atoms. The molecule has 0 aromatic heterocycles. The number of guanidine groups is 1. The zero-order valence-corrected chi connectivity index (χ0v) is 20.4. The highest BCUT2D eigenvalue weighted by atomic mass is 32.2. The van der Waals surface area contributed by atoms with Gasteiger partial charge < -0.3 is 24.4 Å². The number of benzene rings is 1. The summed E-state index contributed by atoms with van der Waals surface area (Å²) in [6.07, 6.45) is 2.14. The van der Waals surface area contributed by atoms with Gasteiger partial charge in [-0.2, -0.15) is 11.8 Å².